The largest absolute Gasteiger partial charge is 0.481 e. The molecule has 1 fully saturated rings. The van der Waals surface area contributed by atoms with E-state index in [2.05, 4.69) is 5.32 Å². The summed E-state index contributed by atoms with van der Waals surface area (Å²) in [5, 5.41) is 11.8. The van der Waals surface area contributed by atoms with Crippen molar-refractivity contribution in [1.82, 2.24) is 5.32 Å². The van der Waals surface area contributed by atoms with E-state index in [1.165, 1.54) is 0 Å². The smallest absolute Gasteiger partial charge is 0.441 e. The van der Waals surface area contributed by atoms with E-state index in [1.54, 1.807) is 0 Å². The highest BCUT2D eigenvalue weighted by molar-refractivity contribution is 8.00. The van der Waals surface area contributed by atoms with E-state index in [0.717, 1.165) is 12.8 Å². The molecule has 0 aliphatic heterocycles. The van der Waals surface area contributed by atoms with Crippen LogP contribution in [0.2, 0.25) is 0 Å². The summed E-state index contributed by atoms with van der Waals surface area (Å²) in [6, 6.07) is 0. The molecule has 0 radical (unpaired) electrons. The molecule has 2 N–H and O–H groups in total. The summed E-state index contributed by atoms with van der Waals surface area (Å²) in [5.74, 6) is -1.10. The summed E-state index contributed by atoms with van der Waals surface area (Å²) in [5.41, 5.74) is -4.18. The van der Waals surface area contributed by atoms with Gasteiger partial charge in [0.25, 0.3) is 0 Å². The first-order valence-corrected chi connectivity index (χ1v) is 6.53. The van der Waals surface area contributed by atoms with Crippen molar-refractivity contribution >= 4 is 17.7 Å². The lowest BCUT2D eigenvalue weighted by Gasteiger charge is -2.16. The fourth-order valence-electron chi connectivity index (χ4n) is 2.13. The molecule has 17 heavy (non-hydrogen) atoms. The highest BCUT2D eigenvalue weighted by atomic mass is 32.2. The van der Waals surface area contributed by atoms with Crippen LogP contribution in [0.15, 0.2) is 0 Å². The van der Waals surface area contributed by atoms with Gasteiger partial charge in [0.1, 0.15) is 0 Å². The van der Waals surface area contributed by atoms with Crippen molar-refractivity contribution in [2.24, 2.45) is 11.8 Å². The molecule has 0 saturated heterocycles. The van der Waals surface area contributed by atoms with E-state index in [4.69, 9.17) is 5.11 Å². The van der Waals surface area contributed by atoms with E-state index < -0.39 is 11.5 Å². The summed E-state index contributed by atoms with van der Waals surface area (Å²) < 4.78 is 35.4. The Hall–Kier alpha value is -0.430. The zero-order chi connectivity index (χ0) is 12.9. The molecule has 0 heterocycles. The van der Waals surface area contributed by atoms with Gasteiger partial charge in [-0.3, -0.25) is 4.79 Å². The average Bonchev–Trinajstić information content (AvgIpc) is 2.63. The second kappa shape index (κ2) is 6.49. The predicted molar refractivity (Wildman–Crippen MR) is 59.8 cm³/mol. The molecule has 3 nitrogen and oxygen atoms in total. The number of thioether (sulfide) groups is 1. The molecule has 2 unspecified atom stereocenters. The maximum atomic E-state index is 11.8. The lowest BCUT2D eigenvalue weighted by atomic mass is 9.96. The number of hydrogen-bond acceptors (Lipinski definition) is 3. The van der Waals surface area contributed by atoms with Gasteiger partial charge in [-0.25, -0.2) is 0 Å². The zero-order valence-corrected chi connectivity index (χ0v) is 10.1. The molecule has 1 aliphatic rings. The first-order chi connectivity index (χ1) is 7.90. The number of carboxylic acid groups (broad SMARTS) is 1. The van der Waals surface area contributed by atoms with Crippen molar-refractivity contribution in [3.05, 3.63) is 0 Å². The van der Waals surface area contributed by atoms with E-state index in [9.17, 15) is 18.0 Å². The standard InChI is InChI=1S/C10H16F3NO2S/c11-10(12,13)17-5-4-14-6-7-2-1-3-8(7)9(15)16/h7-8,14H,1-6H2,(H,15,16). The third-order valence-corrected chi connectivity index (χ3v) is 3.66. The van der Waals surface area contributed by atoms with Gasteiger partial charge in [0.05, 0.1) is 5.92 Å². The van der Waals surface area contributed by atoms with Crippen LogP contribution in [0.1, 0.15) is 19.3 Å². The van der Waals surface area contributed by atoms with Crippen molar-refractivity contribution in [1.29, 1.82) is 0 Å². The summed E-state index contributed by atoms with van der Waals surface area (Å²) in [4.78, 5) is 10.9. The average molecular weight is 271 g/mol. The van der Waals surface area contributed by atoms with Crippen molar-refractivity contribution in [3.63, 3.8) is 0 Å². The third kappa shape index (κ3) is 5.63. The van der Waals surface area contributed by atoms with Crippen LogP contribution < -0.4 is 5.32 Å². The molecule has 0 bridgehead atoms. The van der Waals surface area contributed by atoms with Gasteiger partial charge in [-0.1, -0.05) is 6.42 Å². The minimum Gasteiger partial charge on any atom is -0.481 e. The van der Waals surface area contributed by atoms with E-state index in [0.29, 0.717) is 13.0 Å². The SMILES string of the molecule is O=C(O)C1CCCC1CNCCSC(F)(F)F. The van der Waals surface area contributed by atoms with Crippen molar-refractivity contribution in [3.8, 4) is 0 Å². The molecule has 1 rings (SSSR count). The lowest BCUT2D eigenvalue weighted by Crippen LogP contribution is -2.30. The van der Waals surface area contributed by atoms with Crippen LogP contribution in [0.3, 0.4) is 0 Å². The molecule has 100 valence electrons. The topological polar surface area (TPSA) is 49.3 Å². The minimum atomic E-state index is -4.18. The summed E-state index contributed by atoms with van der Waals surface area (Å²) in [7, 11) is 0. The Morgan fingerprint density at radius 3 is 2.71 bits per heavy atom. The molecule has 2 atom stereocenters. The second-order valence-electron chi connectivity index (χ2n) is 4.13. The zero-order valence-electron chi connectivity index (χ0n) is 9.29. The Kier molecular flexibility index (Phi) is 5.58. The number of alkyl halides is 3. The van der Waals surface area contributed by atoms with Crippen LogP contribution in [0.4, 0.5) is 13.2 Å². The minimum absolute atomic E-state index is 0.0338. The van der Waals surface area contributed by atoms with Gasteiger partial charge in [0.15, 0.2) is 0 Å². The Bertz CT molecular complexity index is 260. The van der Waals surface area contributed by atoms with Crippen LogP contribution in [-0.4, -0.2) is 35.4 Å². The van der Waals surface area contributed by atoms with Crippen LogP contribution in [0, 0.1) is 11.8 Å². The Morgan fingerprint density at radius 1 is 1.41 bits per heavy atom. The first-order valence-electron chi connectivity index (χ1n) is 5.54. The van der Waals surface area contributed by atoms with Gasteiger partial charge >= 0.3 is 11.5 Å². The van der Waals surface area contributed by atoms with E-state index in [-0.39, 0.29) is 35.9 Å². The first kappa shape index (κ1) is 14.6. The summed E-state index contributed by atoms with van der Waals surface area (Å²) in [6.07, 6.45) is 2.41. The molecular weight excluding hydrogens is 255 g/mol. The highest BCUT2D eigenvalue weighted by Crippen LogP contribution is 2.31. The van der Waals surface area contributed by atoms with Gasteiger partial charge in [-0.15, -0.1) is 0 Å². The molecule has 0 spiro atoms. The van der Waals surface area contributed by atoms with Crippen LogP contribution in [-0.2, 0) is 4.79 Å². The Labute approximate surface area is 102 Å². The number of rotatable bonds is 6. The monoisotopic (exact) mass is 271 g/mol. The van der Waals surface area contributed by atoms with Crippen LogP contribution in [0.5, 0.6) is 0 Å². The number of aliphatic carboxylic acids is 1. The maximum Gasteiger partial charge on any atom is 0.441 e. The number of carbonyl (C=O) groups is 1. The maximum absolute atomic E-state index is 11.8. The molecule has 0 aromatic carbocycles. The Balaban J connectivity index is 2.12. The number of halogens is 3. The van der Waals surface area contributed by atoms with Crippen molar-refractivity contribution in [2.45, 2.75) is 24.8 Å². The molecule has 1 saturated carbocycles. The predicted octanol–water partition coefficient (Wildman–Crippen LogP) is 2.33. The Morgan fingerprint density at radius 2 is 2.12 bits per heavy atom. The van der Waals surface area contributed by atoms with Gasteiger partial charge < -0.3 is 10.4 Å². The molecule has 0 amide bonds. The number of nitrogens with one attached hydrogen (secondary N) is 1. The fourth-order valence-corrected chi connectivity index (χ4v) is 2.61. The van der Waals surface area contributed by atoms with Crippen molar-refractivity contribution < 1.29 is 23.1 Å². The van der Waals surface area contributed by atoms with E-state index >= 15 is 0 Å². The van der Waals surface area contributed by atoms with E-state index in [1.807, 2.05) is 0 Å². The highest BCUT2D eigenvalue weighted by Gasteiger charge is 2.32. The molecule has 0 aromatic rings. The number of carboxylic acids is 1. The third-order valence-electron chi connectivity index (χ3n) is 2.93. The quantitative estimate of drug-likeness (QED) is 0.728. The second-order valence-corrected chi connectivity index (χ2v) is 5.29. The summed E-state index contributed by atoms with van der Waals surface area (Å²) in [6.45, 7) is 0.752. The normalized spacial score (nSPS) is 25.1. The van der Waals surface area contributed by atoms with Gasteiger partial charge in [0, 0.05) is 12.3 Å². The summed E-state index contributed by atoms with van der Waals surface area (Å²) >= 11 is -0.0557. The van der Waals surface area contributed by atoms with Gasteiger partial charge in [-0.05, 0) is 37.1 Å². The van der Waals surface area contributed by atoms with Gasteiger partial charge in [0.2, 0.25) is 0 Å². The van der Waals surface area contributed by atoms with Crippen molar-refractivity contribution in [2.75, 3.05) is 18.8 Å². The fraction of sp³-hybridized carbons (Fsp3) is 0.900. The van der Waals surface area contributed by atoms with Crippen LogP contribution >= 0.6 is 11.8 Å². The molecular formula is C10H16F3NO2S. The molecule has 1 aliphatic carbocycles. The molecule has 7 heteroatoms. The van der Waals surface area contributed by atoms with Crippen LogP contribution in [0.25, 0.3) is 0 Å². The number of hydrogen-bond donors (Lipinski definition) is 2. The lowest BCUT2D eigenvalue weighted by molar-refractivity contribution is -0.142. The van der Waals surface area contributed by atoms with Gasteiger partial charge in [-0.2, -0.15) is 13.2 Å². The molecule has 0 aromatic heterocycles.